The molecule has 0 bridgehead atoms. The zero-order chi connectivity index (χ0) is 18.2. The zero-order valence-electron chi connectivity index (χ0n) is 15.2. The van der Waals surface area contributed by atoms with Crippen LogP contribution in [0.5, 0.6) is 0 Å². The summed E-state index contributed by atoms with van der Waals surface area (Å²) in [5.74, 6) is 0. The monoisotopic (exact) mass is 367 g/mol. The highest BCUT2D eigenvalue weighted by molar-refractivity contribution is 6.24. The zero-order valence-corrected chi connectivity index (χ0v) is 15.2. The molecule has 5 rings (SSSR count). The summed E-state index contributed by atoms with van der Waals surface area (Å²) in [6, 6.07) is 21.3. The third kappa shape index (κ3) is 2.85. The first kappa shape index (κ1) is 17.9. The van der Waals surface area contributed by atoms with Crippen LogP contribution < -0.4 is 9.56 Å². The third-order valence-electron chi connectivity index (χ3n) is 5.23. The number of fused-ring (bicyclic) bond motifs is 2. The van der Waals surface area contributed by atoms with Crippen molar-refractivity contribution >= 4 is 34.0 Å². The molecule has 2 aromatic heterocycles. The van der Waals surface area contributed by atoms with Crippen molar-refractivity contribution in [2.45, 2.75) is 20.9 Å². The van der Waals surface area contributed by atoms with E-state index in [4.69, 9.17) is 0 Å². The molecule has 1 aliphatic rings. The summed E-state index contributed by atoms with van der Waals surface area (Å²) in [5.41, 5.74) is 8.47. The Labute approximate surface area is 165 Å². The minimum Gasteiger partial charge on any atom is -0.361 e. The van der Waals surface area contributed by atoms with Crippen LogP contribution in [-0.2, 0) is 6.54 Å². The van der Waals surface area contributed by atoms with Gasteiger partial charge in [0.05, 0.1) is 11.1 Å². The fourth-order valence-electron chi connectivity index (χ4n) is 3.88. The number of pyridine rings is 1. The number of allylic oxidation sites excluding steroid dienone is 1. The number of para-hydroxylation sites is 2. The van der Waals surface area contributed by atoms with Crippen molar-refractivity contribution in [3.63, 3.8) is 0 Å². The number of nitrogens with zero attached hydrogens (tertiary/aromatic N) is 1. The second kappa shape index (κ2) is 7.28. The lowest BCUT2D eigenvalue weighted by atomic mass is 9.91. The van der Waals surface area contributed by atoms with Crippen molar-refractivity contribution in [3.05, 3.63) is 95.9 Å². The molecule has 0 fully saturated rings. The van der Waals surface area contributed by atoms with Gasteiger partial charge in [-0.1, -0.05) is 37.8 Å². The van der Waals surface area contributed by atoms with Gasteiger partial charge in [-0.3, -0.25) is 0 Å². The summed E-state index contributed by atoms with van der Waals surface area (Å²) >= 11 is 0. The Bertz CT molecular complexity index is 1210. The number of aryl methyl sites for hydroxylation is 1. The van der Waals surface area contributed by atoms with Crippen LogP contribution in [0.1, 0.15) is 31.0 Å². The molecule has 3 heterocycles. The van der Waals surface area contributed by atoms with Gasteiger partial charge in [-0.2, -0.15) is 0 Å². The molecule has 0 aliphatic carbocycles. The van der Waals surface area contributed by atoms with Crippen molar-refractivity contribution in [1.82, 2.24) is 4.98 Å². The summed E-state index contributed by atoms with van der Waals surface area (Å²) in [6.45, 7) is 3.11. The van der Waals surface area contributed by atoms with E-state index >= 15 is 0 Å². The Morgan fingerprint density at radius 2 is 1.82 bits per heavy atom. The smallest absolute Gasteiger partial charge is 0.211 e. The molecule has 138 valence electrons. The number of hydrogen-bond acceptors (Lipinski definition) is 0. The summed E-state index contributed by atoms with van der Waals surface area (Å²) < 4.78 is 2.22. The maximum Gasteiger partial charge on any atom is 0.211 e. The molecule has 3 heteroatoms. The highest BCUT2D eigenvalue weighted by Gasteiger charge is 2.25. The van der Waals surface area contributed by atoms with E-state index < -0.39 is 0 Å². The number of benzene rings is 2. The van der Waals surface area contributed by atoms with Gasteiger partial charge in [-0.15, -0.1) is 0 Å². The molecule has 1 aliphatic heterocycles. The van der Waals surface area contributed by atoms with Crippen LogP contribution in [0.3, 0.4) is 0 Å². The van der Waals surface area contributed by atoms with Crippen LogP contribution in [0, 0.1) is 0 Å². The Morgan fingerprint density at radius 1 is 1.00 bits per heavy atom. The van der Waals surface area contributed by atoms with E-state index in [1.807, 2.05) is 0 Å². The lowest BCUT2D eigenvalue weighted by Gasteiger charge is -2.09. The number of H-pyrrole nitrogens is 1. The first-order valence-corrected chi connectivity index (χ1v) is 9.34. The average Bonchev–Trinajstić information content (AvgIpc) is 3.34. The predicted molar refractivity (Wildman–Crippen MR) is 116 cm³/mol. The van der Waals surface area contributed by atoms with Crippen molar-refractivity contribution < 1.29 is 9.56 Å². The van der Waals surface area contributed by atoms with Crippen LogP contribution >= 0.6 is 0 Å². The fraction of sp³-hybridized carbons (Fsp3) is 0.120. The Balaban J connectivity index is 0.00000192. The summed E-state index contributed by atoms with van der Waals surface area (Å²) in [6.07, 6.45) is 8.61. The topological polar surface area (TPSA) is 33.6 Å². The van der Waals surface area contributed by atoms with Crippen molar-refractivity contribution in [3.8, 4) is 0 Å². The molecule has 0 saturated carbocycles. The number of hydrogen-bond donors (Lipinski definition) is 2. The van der Waals surface area contributed by atoms with E-state index in [-0.39, 0.29) is 7.43 Å². The van der Waals surface area contributed by atoms with E-state index in [1.54, 1.807) is 0 Å². The summed E-state index contributed by atoms with van der Waals surface area (Å²) in [7, 11) is 0. The summed E-state index contributed by atoms with van der Waals surface area (Å²) in [5, 5.41) is 1.24. The summed E-state index contributed by atoms with van der Waals surface area (Å²) in [4.78, 5) is 6.88. The van der Waals surface area contributed by atoms with Crippen LogP contribution in [0.4, 0.5) is 5.69 Å². The molecule has 0 unspecified atom stereocenters. The fourth-order valence-corrected chi connectivity index (χ4v) is 3.88. The molecule has 0 atom stereocenters. The number of aromatic nitrogens is 2. The van der Waals surface area contributed by atoms with Gasteiger partial charge in [0.25, 0.3) is 0 Å². The maximum atomic E-state index is 3.44. The van der Waals surface area contributed by atoms with Crippen molar-refractivity contribution in [2.75, 3.05) is 0 Å². The molecule has 0 amide bonds. The molecule has 4 aromatic rings. The quantitative estimate of drug-likeness (QED) is 0.516. The van der Waals surface area contributed by atoms with Gasteiger partial charge in [0.2, 0.25) is 5.69 Å². The van der Waals surface area contributed by atoms with Gasteiger partial charge in [-0.25, -0.2) is 9.56 Å². The number of nitrogens with one attached hydrogen (secondary N) is 2. The second-order valence-corrected chi connectivity index (χ2v) is 6.79. The van der Waals surface area contributed by atoms with Gasteiger partial charge in [0.15, 0.2) is 18.6 Å². The second-order valence-electron chi connectivity index (χ2n) is 6.79. The Hall–Kier alpha value is -3.46. The van der Waals surface area contributed by atoms with Crippen LogP contribution in [0.2, 0.25) is 0 Å². The SMILES string of the molecule is C.CC[n+]1cccc(C(=C2C=[NH+]c3ccccc32)c2c[nH]c3ccccc23)c1. The van der Waals surface area contributed by atoms with E-state index in [0.717, 1.165) is 17.7 Å². The highest BCUT2D eigenvalue weighted by atomic mass is 14.9. The molecule has 28 heavy (non-hydrogen) atoms. The Kier molecular flexibility index (Phi) is 4.66. The van der Waals surface area contributed by atoms with Gasteiger partial charge < -0.3 is 4.98 Å². The first-order chi connectivity index (χ1) is 13.3. The molecule has 0 saturated heterocycles. The average molecular weight is 367 g/mol. The normalized spacial score (nSPS) is 14.0. The lowest BCUT2D eigenvalue weighted by Crippen LogP contribution is -2.58. The first-order valence-electron chi connectivity index (χ1n) is 9.34. The van der Waals surface area contributed by atoms with E-state index in [1.165, 1.54) is 33.2 Å². The van der Waals surface area contributed by atoms with Crippen LogP contribution in [0.25, 0.3) is 22.0 Å². The molecule has 0 radical (unpaired) electrons. The van der Waals surface area contributed by atoms with Crippen molar-refractivity contribution in [1.29, 1.82) is 0 Å². The third-order valence-corrected chi connectivity index (χ3v) is 5.23. The largest absolute Gasteiger partial charge is 0.361 e. The predicted octanol–water partition coefficient (Wildman–Crippen LogP) is 3.87. The number of aromatic amines is 1. The molecule has 0 spiro atoms. The minimum atomic E-state index is 0. The maximum absolute atomic E-state index is 3.44. The minimum absolute atomic E-state index is 0. The van der Waals surface area contributed by atoms with Gasteiger partial charge in [0, 0.05) is 45.9 Å². The lowest BCUT2D eigenvalue weighted by molar-refractivity contribution is -0.693. The van der Waals surface area contributed by atoms with Crippen LogP contribution in [0.15, 0.2) is 79.3 Å². The molecule has 2 N–H and O–H groups in total. The molecule has 3 nitrogen and oxygen atoms in total. The van der Waals surface area contributed by atoms with E-state index in [2.05, 4.69) is 107 Å². The molecule has 2 aromatic carbocycles. The van der Waals surface area contributed by atoms with Gasteiger partial charge in [0.1, 0.15) is 6.54 Å². The Morgan fingerprint density at radius 3 is 2.71 bits per heavy atom. The van der Waals surface area contributed by atoms with E-state index in [9.17, 15) is 0 Å². The van der Waals surface area contributed by atoms with Gasteiger partial charge >= 0.3 is 0 Å². The standard InChI is InChI=1S/C24H20N3.CH4/c1-2-27-13-7-8-17(16-27)24(20-14-25-22-11-5-3-9-18(20)22)21-15-26-23-12-6-4-10-19(21)23;/h3-16,25H,2H2,1H3;1H4/q+1;/p+1. The highest BCUT2D eigenvalue weighted by Crippen LogP contribution is 2.36. The van der Waals surface area contributed by atoms with Crippen molar-refractivity contribution in [2.24, 2.45) is 0 Å². The number of rotatable bonds is 3. The van der Waals surface area contributed by atoms with E-state index in [0.29, 0.717) is 0 Å². The van der Waals surface area contributed by atoms with Gasteiger partial charge in [-0.05, 0) is 25.1 Å². The van der Waals surface area contributed by atoms with Crippen LogP contribution in [-0.4, -0.2) is 11.2 Å². The molecular formula is C25H25N3+2. The molecular weight excluding hydrogens is 342 g/mol.